The van der Waals surface area contributed by atoms with Crippen LogP contribution in [0.25, 0.3) is 11.1 Å². The number of carbonyl (C=O) groups excluding carboxylic acids is 1. The second kappa shape index (κ2) is 7.83. The summed E-state index contributed by atoms with van der Waals surface area (Å²) in [5.74, 6) is -0.0134. The van der Waals surface area contributed by atoms with Gasteiger partial charge in [-0.25, -0.2) is 0 Å². The van der Waals surface area contributed by atoms with Gasteiger partial charge in [-0.3, -0.25) is 13.6 Å². The monoisotopic (exact) mass is 365 g/mol. The van der Waals surface area contributed by atoms with E-state index in [2.05, 4.69) is 5.32 Å². The second-order valence-electron chi connectivity index (χ2n) is 6.02. The number of rotatable bonds is 7. The molecule has 1 atom stereocenters. The molecule has 2 aromatic carbocycles. The molecule has 0 aromatic heterocycles. The summed E-state index contributed by atoms with van der Waals surface area (Å²) >= 11 is 6.36. The highest BCUT2D eigenvalue weighted by atomic mass is 35.5. The fraction of sp³-hybridized carbons (Fsp3) is 0.316. The van der Waals surface area contributed by atoms with Crippen molar-refractivity contribution >= 4 is 23.2 Å². The Morgan fingerprint density at radius 2 is 2.08 bits per heavy atom. The standard InChI is InChI=1S/C19H18ClF2NO2/c20-15-2-1-3-17(25-11-12(10-22)6-7-21)19(15)13-4-5-16-14(8-13)9-18(24)23-16/h1-5,8,12H,6-7,9-11H2,(H,23,24). The van der Waals surface area contributed by atoms with Gasteiger partial charge >= 0.3 is 0 Å². The smallest absolute Gasteiger partial charge is 0.228 e. The fourth-order valence-electron chi connectivity index (χ4n) is 2.86. The van der Waals surface area contributed by atoms with Crippen LogP contribution in [0.5, 0.6) is 5.75 Å². The average molecular weight is 366 g/mol. The number of hydrogen-bond donors (Lipinski definition) is 1. The van der Waals surface area contributed by atoms with Crippen molar-refractivity contribution in [2.45, 2.75) is 12.8 Å². The molecule has 2 aromatic rings. The molecule has 0 fully saturated rings. The molecule has 1 aliphatic heterocycles. The van der Waals surface area contributed by atoms with E-state index in [1.54, 1.807) is 18.2 Å². The second-order valence-corrected chi connectivity index (χ2v) is 6.43. The van der Waals surface area contributed by atoms with Gasteiger partial charge in [0.1, 0.15) is 5.75 Å². The van der Waals surface area contributed by atoms with Gasteiger partial charge in [-0.05, 0) is 41.8 Å². The molecule has 1 unspecified atom stereocenters. The normalized spacial score (nSPS) is 14.1. The van der Waals surface area contributed by atoms with E-state index in [1.807, 2.05) is 18.2 Å². The molecule has 3 rings (SSSR count). The van der Waals surface area contributed by atoms with E-state index in [9.17, 15) is 13.6 Å². The molecule has 0 spiro atoms. The maximum absolute atomic E-state index is 12.9. The summed E-state index contributed by atoms with van der Waals surface area (Å²) < 4.78 is 31.1. The van der Waals surface area contributed by atoms with Gasteiger partial charge in [-0.15, -0.1) is 0 Å². The minimum Gasteiger partial charge on any atom is -0.492 e. The third kappa shape index (κ3) is 3.93. The van der Waals surface area contributed by atoms with E-state index in [-0.39, 0.29) is 18.9 Å². The third-order valence-corrected chi connectivity index (χ3v) is 4.52. The topological polar surface area (TPSA) is 38.3 Å². The molecule has 0 radical (unpaired) electrons. The summed E-state index contributed by atoms with van der Waals surface area (Å²) in [6, 6.07) is 10.8. The number of ether oxygens (including phenoxy) is 1. The van der Waals surface area contributed by atoms with Crippen molar-refractivity contribution in [3.05, 3.63) is 47.0 Å². The Labute approximate surface area is 149 Å². The third-order valence-electron chi connectivity index (χ3n) is 4.20. The number of halogens is 3. The Bertz CT molecular complexity index is 782. The van der Waals surface area contributed by atoms with E-state index in [0.29, 0.717) is 22.8 Å². The van der Waals surface area contributed by atoms with Crippen LogP contribution in [0.3, 0.4) is 0 Å². The Balaban J connectivity index is 1.89. The van der Waals surface area contributed by atoms with Gasteiger partial charge in [0.15, 0.2) is 0 Å². The molecule has 132 valence electrons. The van der Waals surface area contributed by atoms with Crippen LogP contribution >= 0.6 is 11.6 Å². The Kier molecular flexibility index (Phi) is 5.53. The highest BCUT2D eigenvalue weighted by Gasteiger charge is 2.20. The summed E-state index contributed by atoms with van der Waals surface area (Å²) in [5, 5.41) is 3.28. The average Bonchev–Trinajstić information content (AvgIpc) is 2.97. The van der Waals surface area contributed by atoms with Gasteiger partial charge in [-0.1, -0.05) is 23.7 Å². The Hall–Kier alpha value is -2.14. The van der Waals surface area contributed by atoms with Crippen LogP contribution in [0, 0.1) is 5.92 Å². The van der Waals surface area contributed by atoms with Gasteiger partial charge in [0, 0.05) is 17.2 Å². The zero-order valence-corrected chi connectivity index (χ0v) is 14.3. The van der Waals surface area contributed by atoms with Crippen molar-refractivity contribution in [1.29, 1.82) is 0 Å². The van der Waals surface area contributed by atoms with Crippen LogP contribution in [0.4, 0.5) is 14.5 Å². The predicted octanol–water partition coefficient (Wildman–Crippen LogP) is 4.83. The first-order valence-corrected chi connectivity index (χ1v) is 8.46. The zero-order chi connectivity index (χ0) is 17.8. The van der Waals surface area contributed by atoms with Crippen molar-refractivity contribution in [2.24, 2.45) is 5.92 Å². The van der Waals surface area contributed by atoms with E-state index in [1.165, 1.54) is 0 Å². The lowest BCUT2D eigenvalue weighted by atomic mass is 10.0. The summed E-state index contributed by atoms with van der Waals surface area (Å²) in [5.41, 5.74) is 3.19. The number of hydrogen-bond acceptors (Lipinski definition) is 2. The maximum atomic E-state index is 12.9. The van der Waals surface area contributed by atoms with Gasteiger partial charge in [0.05, 0.1) is 31.4 Å². The first kappa shape index (κ1) is 17.7. The van der Waals surface area contributed by atoms with E-state index in [4.69, 9.17) is 16.3 Å². The zero-order valence-electron chi connectivity index (χ0n) is 13.5. The molecule has 1 aliphatic rings. The molecule has 6 heteroatoms. The van der Waals surface area contributed by atoms with Gasteiger partial charge < -0.3 is 10.1 Å². The first-order chi connectivity index (χ1) is 12.1. The molecule has 0 aliphatic carbocycles. The van der Waals surface area contributed by atoms with Crippen molar-refractivity contribution in [2.75, 3.05) is 25.3 Å². The number of nitrogens with one attached hydrogen (secondary N) is 1. The SMILES string of the molecule is O=C1Cc2cc(-c3c(Cl)cccc3OCC(CF)CCF)ccc2N1. The largest absolute Gasteiger partial charge is 0.492 e. The van der Waals surface area contributed by atoms with Crippen molar-refractivity contribution in [3.63, 3.8) is 0 Å². The number of fused-ring (bicyclic) bond motifs is 1. The van der Waals surface area contributed by atoms with E-state index >= 15 is 0 Å². The van der Waals surface area contributed by atoms with Crippen LogP contribution in [0.15, 0.2) is 36.4 Å². The lowest BCUT2D eigenvalue weighted by Crippen LogP contribution is -2.15. The molecular weight excluding hydrogens is 348 g/mol. The molecule has 3 nitrogen and oxygen atoms in total. The lowest BCUT2D eigenvalue weighted by Gasteiger charge is -2.17. The maximum Gasteiger partial charge on any atom is 0.228 e. The van der Waals surface area contributed by atoms with Gasteiger partial charge in [0.25, 0.3) is 0 Å². The quantitative estimate of drug-likeness (QED) is 0.763. The van der Waals surface area contributed by atoms with Crippen LogP contribution in [-0.4, -0.2) is 25.9 Å². The summed E-state index contributed by atoms with van der Waals surface area (Å²) in [6.45, 7) is -1.13. The lowest BCUT2D eigenvalue weighted by molar-refractivity contribution is -0.115. The van der Waals surface area contributed by atoms with Crippen LogP contribution in [-0.2, 0) is 11.2 Å². The van der Waals surface area contributed by atoms with Crippen LogP contribution in [0.2, 0.25) is 5.02 Å². The molecule has 1 amide bonds. The van der Waals surface area contributed by atoms with Crippen molar-refractivity contribution in [3.8, 4) is 16.9 Å². The molecule has 25 heavy (non-hydrogen) atoms. The van der Waals surface area contributed by atoms with E-state index < -0.39 is 19.3 Å². The van der Waals surface area contributed by atoms with Crippen molar-refractivity contribution < 1.29 is 18.3 Å². The predicted molar refractivity (Wildman–Crippen MR) is 94.8 cm³/mol. The van der Waals surface area contributed by atoms with Gasteiger partial charge in [0.2, 0.25) is 5.91 Å². The highest BCUT2D eigenvalue weighted by molar-refractivity contribution is 6.33. The van der Waals surface area contributed by atoms with Crippen LogP contribution < -0.4 is 10.1 Å². The number of amides is 1. The molecule has 1 heterocycles. The van der Waals surface area contributed by atoms with Crippen LogP contribution in [0.1, 0.15) is 12.0 Å². The molecule has 1 N–H and O–H groups in total. The Morgan fingerprint density at radius 3 is 2.84 bits per heavy atom. The molecule has 0 bridgehead atoms. The summed E-state index contributed by atoms with van der Waals surface area (Å²) in [4.78, 5) is 11.5. The molecular formula is C19H18ClF2NO2. The number of carbonyl (C=O) groups is 1. The van der Waals surface area contributed by atoms with Gasteiger partial charge in [-0.2, -0.15) is 0 Å². The number of benzene rings is 2. The highest BCUT2D eigenvalue weighted by Crippen LogP contribution is 2.39. The molecule has 0 saturated carbocycles. The van der Waals surface area contributed by atoms with Crippen molar-refractivity contribution in [1.82, 2.24) is 0 Å². The first-order valence-electron chi connectivity index (χ1n) is 8.08. The molecule has 0 saturated heterocycles. The summed E-state index contributed by atoms with van der Waals surface area (Å²) in [6.07, 6.45) is 0.448. The Morgan fingerprint density at radius 1 is 1.24 bits per heavy atom. The van der Waals surface area contributed by atoms with E-state index in [0.717, 1.165) is 16.8 Å². The summed E-state index contributed by atoms with van der Waals surface area (Å²) in [7, 11) is 0. The number of anilines is 1. The minimum absolute atomic E-state index is 0.0419. The minimum atomic E-state index is -0.632. The number of alkyl halides is 2. The fourth-order valence-corrected chi connectivity index (χ4v) is 3.13.